The van der Waals surface area contributed by atoms with Crippen LogP contribution in [0.25, 0.3) is 10.8 Å². The third kappa shape index (κ3) is 4.43. The highest BCUT2D eigenvalue weighted by molar-refractivity contribution is 5.91. The van der Waals surface area contributed by atoms with Gasteiger partial charge in [-0.3, -0.25) is 4.79 Å². The van der Waals surface area contributed by atoms with E-state index in [1.165, 1.54) is 24.3 Å². The number of H-pyrrole nitrogens is 1. The Labute approximate surface area is 188 Å². The van der Waals surface area contributed by atoms with Crippen molar-refractivity contribution in [3.8, 4) is 6.07 Å². The summed E-state index contributed by atoms with van der Waals surface area (Å²) in [7, 11) is 0. The zero-order chi connectivity index (χ0) is 23.7. The van der Waals surface area contributed by atoms with Gasteiger partial charge in [-0.05, 0) is 41.6 Å². The van der Waals surface area contributed by atoms with E-state index in [-0.39, 0.29) is 35.8 Å². The zero-order valence-electron chi connectivity index (χ0n) is 18.1. The van der Waals surface area contributed by atoms with Crippen LogP contribution in [0.2, 0.25) is 0 Å². The monoisotopic (exact) mass is 452 g/mol. The fourth-order valence-corrected chi connectivity index (χ4v) is 4.10. The molecule has 33 heavy (non-hydrogen) atoms. The highest BCUT2D eigenvalue weighted by atomic mass is 19.1. The van der Waals surface area contributed by atoms with Gasteiger partial charge in [-0.2, -0.15) is 5.26 Å². The molecule has 0 spiro atoms. The Morgan fingerprint density at radius 1 is 1.27 bits per heavy atom. The van der Waals surface area contributed by atoms with Crippen molar-refractivity contribution in [2.75, 3.05) is 18.5 Å². The van der Waals surface area contributed by atoms with Gasteiger partial charge >= 0.3 is 6.03 Å². The van der Waals surface area contributed by atoms with Crippen LogP contribution < -0.4 is 10.9 Å². The average Bonchev–Trinajstić information content (AvgIpc) is 2.78. The Bertz CT molecular complexity index is 1330. The quantitative estimate of drug-likeness (QED) is 0.612. The number of hydrogen-bond acceptors (Lipinski definition) is 4. The third-order valence-corrected chi connectivity index (χ3v) is 5.50. The lowest BCUT2D eigenvalue weighted by Crippen LogP contribution is -2.44. The molecule has 2 aromatic carbocycles. The van der Waals surface area contributed by atoms with E-state index in [4.69, 9.17) is 10.00 Å². The highest BCUT2D eigenvalue weighted by Gasteiger charge is 2.33. The first-order valence-corrected chi connectivity index (χ1v) is 10.5. The SMILES string of the molecule is CC(C)CN(C(=O)Nc1ccc(F)c(C#N)c1)[C@@H]1COCc2[nH]c(=O)c3cc(F)ccc3c21. The molecule has 9 heteroatoms. The van der Waals surface area contributed by atoms with Crippen molar-refractivity contribution in [3.63, 3.8) is 0 Å². The Balaban J connectivity index is 1.77. The second-order valence-corrected chi connectivity index (χ2v) is 8.35. The number of nitrogens with one attached hydrogen (secondary N) is 2. The summed E-state index contributed by atoms with van der Waals surface area (Å²) in [5, 5.41) is 12.6. The summed E-state index contributed by atoms with van der Waals surface area (Å²) in [6, 6.07) is 8.49. The van der Waals surface area contributed by atoms with Gasteiger partial charge in [0.2, 0.25) is 0 Å². The maximum absolute atomic E-state index is 13.8. The summed E-state index contributed by atoms with van der Waals surface area (Å²) < 4.78 is 33.2. The van der Waals surface area contributed by atoms with Crippen LogP contribution in [0.15, 0.2) is 41.2 Å². The van der Waals surface area contributed by atoms with Crippen LogP contribution in [-0.2, 0) is 11.3 Å². The normalized spacial score (nSPS) is 15.2. The van der Waals surface area contributed by atoms with Crippen molar-refractivity contribution in [1.29, 1.82) is 5.26 Å². The van der Waals surface area contributed by atoms with E-state index < -0.39 is 29.3 Å². The van der Waals surface area contributed by atoms with Crippen molar-refractivity contribution in [3.05, 3.63) is 75.2 Å². The number of fused-ring (bicyclic) bond motifs is 3. The van der Waals surface area contributed by atoms with Crippen molar-refractivity contribution in [2.45, 2.75) is 26.5 Å². The van der Waals surface area contributed by atoms with Gasteiger partial charge in [0.1, 0.15) is 17.7 Å². The van der Waals surface area contributed by atoms with E-state index in [9.17, 15) is 18.4 Å². The van der Waals surface area contributed by atoms with Gasteiger partial charge in [-0.15, -0.1) is 0 Å². The molecule has 1 atom stereocenters. The van der Waals surface area contributed by atoms with Gasteiger partial charge in [-0.25, -0.2) is 13.6 Å². The number of amides is 2. The van der Waals surface area contributed by atoms with Crippen LogP contribution in [0.5, 0.6) is 0 Å². The molecule has 2 N–H and O–H groups in total. The van der Waals surface area contributed by atoms with E-state index in [0.717, 1.165) is 6.07 Å². The standard InChI is InChI=1S/C24H22F2N4O3/c1-13(2)10-30(24(32)28-16-4-6-19(26)14(7-16)9-27)21-12-33-11-20-22(21)17-5-3-15(25)8-18(17)23(31)29-20/h3-8,13,21H,10-12H2,1-2H3,(H,28,32)(H,29,31)/t21-/m1/s1. The lowest BCUT2D eigenvalue weighted by atomic mass is 9.95. The minimum Gasteiger partial charge on any atom is -0.373 e. The summed E-state index contributed by atoms with van der Waals surface area (Å²) in [5.41, 5.74) is 0.897. The summed E-state index contributed by atoms with van der Waals surface area (Å²) in [6.07, 6.45) is 0. The van der Waals surface area contributed by atoms with Crippen LogP contribution >= 0.6 is 0 Å². The minimum atomic E-state index is -0.674. The summed E-state index contributed by atoms with van der Waals surface area (Å²) in [5.74, 6) is -1.11. The van der Waals surface area contributed by atoms with Crippen LogP contribution in [0.1, 0.15) is 36.7 Å². The van der Waals surface area contributed by atoms with Crippen molar-refractivity contribution < 1.29 is 18.3 Å². The van der Waals surface area contributed by atoms with Crippen LogP contribution in [0.4, 0.5) is 19.3 Å². The molecule has 0 bridgehead atoms. The highest BCUT2D eigenvalue weighted by Crippen LogP contribution is 2.34. The number of aromatic nitrogens is 1. The van der Waals surface area contributed by atoms with E-state index in [2.05, 4.69) is 10.3 Å². The fraction of sp³-hybridized carbons (Fsp3) is 0.292. The van der Waals surface area contributed by atoms with Gasteiger partial charge in [0.15, 0.2) is 0 Å². The molecule has 0 saturated heterocycles. The van der Waals surface area contributed by atoms with Gasteiger partial charge in [0, 0.05) is 23.5 Å². The lowest BCUT2D eigenvalue weighted by molar-refractivity contribution is 0.0425. The number of aromatic amines is 1. The van der Waals surface area contributed by atoms with E-state index in [0.29, 0.717) is 23.2 Å². The molecular weight excluding hydrogens is 430 g/mol. The second kappa shape index (κ2) is 9.00. The van der Waals surface area contributed by atoms with Crippen molar-refractivity contribution >= 4 is 22.5 Å². The molecule has 2 heterocycles. The average molecular weight is 452 g/mol. The number of carbonyl (C=O) groups is 1. The summed E-state index contributed by atoms with van der Waals surface area (Å²) >= 11 is 0. The lowest BCUT2D eigenvalue weighted by Gasteiger charge is -2.37. The molecule has 0 unspecified atom stereocenters. The Hall–Kier alpha value is -3.77. The molecule has 170 valence electrons. The maximum Gasteiger partial charge on any atom is 0.322 e. The molecule has 2 amide bonds. The fourth-order valence-electron chi connectivity index (χ4n) is 4.10. The van der Waals surface area contributed by atoms with Gasteiger partial charge in [0.05, 0.1) is 30.2 Å². The number of hydrogen-bond donors (Lipinski definition) is 2. The molecule has 0 aliphatic carbocycles. The second-order valence-electron chi connectivity index (χ2n) is 8.35. The van der Waals surface area contributed by atoms with E-state index in [1.54, 1.807) is 17.0 Å². The Kier molecular flexibility index (Phi) is 6.11. The first kappa shape index (κ1) is 22.4. The number of halogens is 2. The molecule has 3 aromatic rings. The molecule has 1 aliphatic heterocycles. The summed E-state index contributed by atoms with van der Waals surface area (Å²) in [4.78, 5) is 30.2. The van der Waals surface area contributed by atoms with Crippen LogP contribution in [0, 0.1) is 28.9 Å². The predicted molar refractivity (Wildman–Crippen MR) is 119 cm³/mol. The van der Waals surface area contributed by atoms with Crippen molar-refractivity contribution in [1.82, 2.24) is 9.88 Å². The van der Waals surface area contributed by atoms with E-state index >= 15 is 0 Å². The minimum absolute atomic E-state index is 0.0930. The van der Waals surface area contributed by atoms with Gasteiger partial charge in [0.25, 0.3) is 5.56 Å². The number of nitrogens with zero attached hydrogens (tertiary/aromatic N) is 2. The number of urea groups is 1. The van der Waals surface area contributed by atoms with E-state index in [1.807, 2.05) is 13.8 Å². The number of carbonyl (C=O) groups excluding carboxylic acids is 1. The molecule has 7 nitrogen and oxygen atoms in total. The van der Waals surface area contributed by atoms with Crippen molar-refractivity contribution in [2.24, 2.45) is 5.92 Å². The van der Waals surface area contributed by atoms with Crippen LogP contribution in [-0.4, -0.2) is 29.1 Å². The van der Waals surface area contributed by atoms with Gasteiger partial charge in [-0.1, -0.05) is 19.9 Å². The Morgan fingerprint density at radius 2 is 2.06 bits per heavy atom. The largest absolute Gasteiger partial charge is 0.373 e. The predicted octanol–water partition coefficient (Wildman–Crippen LogP) is 4.44. The maximum atomic E-state index is 13.8. The molecule has 0 saturated carbocycles. The molecule has 4 rings (SSSR count). The van der Waals surface area contributed by atoms with Crippen LogP contribution in [0.3, 0.4) is 0 Å². The number of nitriles is 1. The zero-order valence-corrected chi connectivity index (χ0v) is 18.1. The first-order chi connectivity index (χ1) is 15.8. The van der Waals surface area contributed by atoms with Gasteiger partial charge < -0.3 is 19.9 Å². The smallest absolute Gasteiger partial charge is 0.322 e. The number of benzene rings is 2. The number of anilines is 1. The Morgan fingerprint density at radius 3 is 2.79 bits per heavy atom. The first-order valence-electron chi connectivity index (χ1n) is 10.5. The molecule has 0 radical (unpaired) electrons. The molecule has 0 fully saturated rings. The molecule has 1 aliphatic rings. The topological polar surface area (TPSA) is 98.2 Å². The number of pyridine rings is 1. The summed E-state index contributed by atoms with van der Waals surface area (Å²) in [6.45, 7) is 4.61. The third-order valence-electron chi connectivity index (χ3n) is 5.50. The molecular formula is C24H22F2N4O3. The molecule has 1 aromatic heterocycles. The number of rotatable bonds is 4. The number of ether oxygens (including phenoxy) is 1.